The van der Waals surface area contributed by atoms with E-state index in [9.17, 15) is 19.8 Å². The molecule has 0 atom stereocenters. The molecule has 2 aromatic carbocycles. The third-order valence-electron chi connectivity index (χ3n) is 3.61. The summed E-state index contributed by atoms with van der Waals surface area (Å²) >= 11 is 0. The molecule has 0 spiro atoms. The summed E-state index contributed by atoms with van der Waals surface area (Å²) in [6, 6.07) is 18.5. The summed E-state index contributed by atoms with van der Waals surface area (Å²) in [7, 11) is 0. The average molecular weight is 356 g/mol. The molecule has 0 aliphatic rings. The molecule has 0 fully saturated rings. The molecule has 0 saturated heterocycles. The second kappa shape index (κ2) is 12.5. The smallest absolute Gasteiger partial charge is 0.332 e. The number of carboxylic acids is 2. The van der Waals surface area contributed by atoms with Crippen molar-refractivity contribution in [1.82, 2.24) is 0 Å². The molecule has 0 aliphatic heterocycles. The maximum absolute atomic E-state index is 11.5. The molecule has 2 rings (SSSR count). The van der Waals surface area contributed by atoms with Crippen LogP contribution in [0.25, 0.3) is 0 Å². The van der Waals surface area contributed by atoms with E-state index in [-0.39, 0.29) is 83.1 Å². The first-order valence-electron chi connectivity index (χ1n) is 7.34. The van der Waals surface area contributed by atoms with Gasteiger partial charge in [0.1, 0.15) is 0 Å². The van der Waals surface area contributed by atoms with Crippen LogP contribution in [0, 0.1) is 0 Å². The van der Waals surface area contributed by atoms with Crippen LogP contribution in [-0.4, -0.2) is 81.3 Å². The summed E-state index contributed by atoms with van der Waals surface area (Å²) in [6.07, 6.45) is 0.786. The molecule has 6 heteroatoms. The van der Waals surface area contributed by atoms with E-state index in [4.69, 9.17) is 0 Å². The quantitative estimate of drug-likeness (QED) is 0.591. The van der Waals surface area contributed by atoms with Crippen molar-refractivity contribution in [1.29, 1.82) is 0 Å². The Balaban J connectivity index is 0.00000288. The topological polar surface area (TPSA) is 74.6 Å². The summed E-state index contributed by atoms with van der Waals surface area (Å²) in [5.41, 5.74) is 1.67. The number of carbonyl (C=O) groups is 2. The van der Waals surface area contributed by atoms with Crippen molar-refractivity contribution < 1.29 is 19.8 Å². The molecular weight excluding hydrogens is 338 g/mol. The van der Waals surface area contributed by atoms with Gasteiger partial charge in [-0.1, -0.05) is 60.7 Å². The molecule has 25 heavy (non-hydrogen) atoms. The van der Waals surface area contributed by atoms with Crippen molar-refractivity contribution in [2.45, 2.75) is 19.3 Å². The van der Waals surface area contributed by atoms with Gasteiger partial charge in [0.25, 0.3) is 0 Å². The number of aryl methyl sites for hydroxylation is 1. The Hall–Kier alpha value is -0.880. The molecule has 2 aromatic rings. The van der Waals surface area contributed by atoms with E-state index < -0.39 is 11.9 Å². The summed E-state index contributed by atoms with van der Waals surface area (Å²) in [6.45, 7) is 0. The first kappa shape index (κ1) is 24.1. The molecule has 0 bridgehead atoms. The fourth-order valence-corrected chi connectivity index (χ4v) is 2.41. The summed E-state index contributed by atoms with van der Waals surface area (Å²) < 4.78 is 0. The van der Waals surface area contributed by atoms with Gasteiger partial charge in [0, 0.05) is 71.1 Å². The molecule has 0 amide bonds. The van der Waals surface area contributed by atoms with Gasteiger partial charge in [0.15, 0.2) is 0 Å². The van der Waals surface area contributed by atoms with Crippen LogP contribution >= 0.6 is 0 Å². The first-order valence-corrected chi connectivity index (χ1v) is 7.34. The number of aliphatic carboxylic acids is 2. The van der Waals surface area contributed by atoms with Crippen molar-refractivity contribution in [3.05, 3.63) is 82.9 Å². The molecule has 2 N–H and O–H groups in total. The molecule has 0 unspecified atom stereocenters. The minimum atomic E-state index is -1.18. The SMILES string of the molecule is O=C(O)/C(CCc1ccccc1)=C(/Cc1ccccc1)C(=O)O.[Na].[Na]. The number of carboxylic acid groups (broad SMARTS) is 2. The van der Waals surface area contributed by atoms with Gasteiger partial charge in [-0.15, -0.1) is 0 Å². The Kier molecular flexibility index (Phi) is 12.0. The van der Waals surface area contributed by atoms with E-state index in [0.29, 0.717) is 6.42 Å². The maximum Gasteiger partial charge on any atom is 0.332 e. The zero-order chi connectivity index (χ0) is 16.7. The zero-order valence-corrected chi connectivity index (χ0v) is 18.6. The fourth-order valence-electron chi connectivity index (χ4n) is 2.41. The van der Waals surface area contributed by atoms with Crippen molar-refractivity contribution in [2.24, 2.45) is 0 Å². The van der Waals surface area contributed by atoms with Gasteiger partial charge in [-0.2, -0.15) is 0 Å². The largest absolute Gasteiger partial charge is 0.478 e. The van der Waals surface area contributed by atoms with Crippen LogP contribution in [0.4, 0.5) is 0 Å². The molecule has 4 nitrogen and oxygen atoms in total. The Labute approximate surface area is 191 Å². The third-order valence-corrected chi connectivity index (χ3v) is 3.61. The molecule has 0 aromatic heterocycles. The predicted molar refractivity (Wildman–Crippen MR) is 98.7 cm³/mol. The molecule has 0 aliphatic carbocycles. The van der Waals surface area contributed by atoms with Gasteiger partial charge in [0.05, 0.1) is 5.57 Å². The number of hydrogen-bond donors (Lipinski definition) is 2. The van der Waals surface area contributed by atoms with Gasteiger partial charge in [-0.05, 0) is 24.0 Å². The number of hydrogen-bond acceptors (Lipinski definition) is 2. The van der Waals surface area contributed by atoms with E-state index in [2.05, 4.69) is 0 Å². The minimum absolute atomic E-state index is 0. The minimum Gasteiger partial charge on any atom is -0.478 e. The van der Waals surface area contributed by atoms with Gasteiger partial charge in [0.2, 0.25) is 0 Å². The maximum atomic E-state index is 11.5. The Morgan fingerprint density at radius 1 is 0.680 bits per heavy atom. The van der Waals surface area contributed by atoms with E-state index in [0.717, 1.165) is 11.1 Å². The zero-order valence-electron chi connectivity index (χ0n) is 14.6. The van der Waals surface area contributed by atoms with Crippen LogP contribution in [0.1, 0.15) is 17.5 Å². The second-order valence-electron chi connectivity index (χ2n) is 5.22. The van der Waals surface area contributed by atoms with Gasteiger partial charge in [-0.3, -0.25) is 0 Å². The van der Waals surface area contributed by atoms with Gasteiger partial charge in [-0.25, -0.2) is 9.59 Å². The van der Waals surface area contributed by atoms with E-state index in [1.54, 1.807) is 24.3 Å². The second-order valence-corrected chi connectivity index (χ2v) is 5.22. The number of benzene rings is 2. The summed E-state index contributed by atoms with van der Waals surface area (Å²) in [5, 5.41) is 18.9. The summed E-state index contributed by atoms with van der Waals surface area (Å²) in [5.74, 6) is -2.35. The van der Waals surface area contributed by atoms with Crippen LogP contribution in [0.2, 0.25) is 0 Å². The number of rotatable bonds is 7. The Bertz CT molecular complexity index is 713. The first-order chi connectivity index (χ1) is 11.1. The van der Waals surface area contributed by atoms with Crippen LogP contribution in [-0.2, 0) is 22.4 Å². The van der Waals surface area contributed by atoms with E-state index in [1.807, 2.05) is 36.4 Å². The Morgan fingerprint density at radius 2 is 1.12 bits per heavy atom. The van der Waals surface area contributed by atoms with E-state index >= 15 is 0 Å². The fraction of sp³-hybridized carbons (Fsp3) is 0.158. The van der Waals surface area contributed by atoms with Crippen LogP contribution in [0.15, 0.2) is 71.8 Å². The predicted octanol–water partition coefficient (Wildman–Crippen LogP) is 2.57. The van der Waals surface area contributed by atoms with Crippen molar-refractivity contribution in [2.75, 3.05) is 0 Å². The van der Waals surface area contributed by atoms with Crippen molar-refractivity contribution >= 4 is 71.1 Å². The molecular formula is C19H18Na2O4. The van der Waals surface area contributed by atoms with Crippen LogP contribution in [0.5, 0.6) is 0 Å². The standard InChI is InChI=1S/C19H18O4.2Na/c20-18(21)16(12-11-14-7-3-1-4-8-14)17(19(22)23)13-15-9-5-2-6-10-15;;/h1-10H,11-13H2,(H,20,21)(H,22,23);;/b17-16-;;. The van der Waals surface area contributed by atoms with Crippen LogP contribution < -0.4 is 0 Å². The molecule has 120 valence electrons. The van der Waals surface area contributed by atoms with Gasteiger partial charge < -0.3 is 10.2 Å². The molecule has 0 heterocycles. The van der Waals surface area contributed by atoms with Crippen molar-refractivity contribution in [3.8, 4) is 0 Å². The molecule has 2 radical (unpaired) electrons. The summed E-state index contributed by atoms with van der Waals surface area (Å²) in [4.78, 5) is 23.1. The van der Waals surface area contributed by atoms with Crippen LogP contribution in [0.3, 0.4) is 0 Å². The molecule has 0 saturated carbocycles. The van der Waals surface area contributed by atoms with Crippen molar-refractivity contribution in [3.63, 3.8) is 0 Å². The normalized spacial score (nSPS) is 10.7. The van der Waals surface area contributed by atoms with Gasteiger partial charge >= 0.3 is 11.9 Å². The monoisotopic (exact) mass is 356 g/mol. The average Bonchev–Trinajstić information content (AvgIpc) is 2.55. The van der Waals surface area contributed by atoms with E-state index in [1.165, 1.54) is 0 Å². The third kappa shape index (κ3) is 7.90. The Morgan fingerprint density at radius 3 is 1.56 bits per heavy atom.